The van der Waals surface area contributed by atoms with Gasteiger partial charge in [0.05, 0.1) is 6.61 Å². The molecule has 1 aromatic rings. The minimum absolute atomic E-state index is 0.0180. The van der Waals surface area contributed by atoms with Gasteiger partial charge >= 0.3 is 5.97 Å². The number of para-hydroxylation sites is 1. The number of hydrogen-bond acceptors (Lipinski definition) is 3. The average Bonchev–Trinajstić information content (AvgIpc) is 2.45. The number of hydrogen-bond donors (Lipinski definition) is 1. The quantitative estimate of drug-likeness (QED) is 0.532. The van der Waals surface area contributed by atoms with E-state index in [1.165, 1.54) is 25.3 Å². The van der Waals surface area contributed by atoms with Crippen LogP contribution >= 0.6 is 0 Å². The standard InChI is InChI=1S/C17H26O3/c1-3-5-6-10-14(9-4-2)13-20-17(19)15-11-7-8-12-16(15)18/h7-8,11-12,14,18H,3-6,9-10,13H2,1-2H3. The molecule has 3 nitrogen and oxygen atoms in total. The highest BCUT2D eigenvalue weighted by Gasteiger charge is 2.15. The van der Waals surface area contributed by atoms with Crippen LogP contribution in [-0.2, 0) is 4.74 Å². The molecule has 0 heterocycles. The zero-order valence-corrected chi connectivity index (χ0v) is 12.6. The maximum Gasteiger partial charge on any atom is 0.341 e. The largest absolute Gasteiger partial charge is 0.507 e. The van der Waals surface area contributed by atoms with Crippen molar-refractivity contribution in [1.29, 1.82) is 0 Å². The van der Waals surface area contributed by atoms with Gasteiger partial charge in [-0.25, -0.2) is 4.79 Å². The summed E-state index contributed by atoms with van der Waals surface area (Å²) in [5.74, 6) is -0.0171. The van der Waals surface area contributed by atoms with Crippen LogP contribution in [0.25, 0.3) is 0 Å². The Labute approximate surface area is 122 Å². The van der Waals surface area contributed by atoms with Crippen molar-refractivity contribution in [1.82, 2.24) is 0 Å². The van der Waals surface area contributed by atoms with E-state index in [1.54, 1.807) is 18.2 Å². The molecule has 0 radical (unpaired) electrons. The van der Waals surface area contributed by atoms with Gasteiger partial charge in [-0.2, -0.15) is 0 Å². The summed E-state index contributed by atoms with van der Waals surface area (Å²) in [6.45, 7) is 4.79. The molecule has 20 heavy (non-hydrogen) atoms. The summed E-state index contributed by atoms with van der Waals surface area (Å²) in [5, 5.41) is 9.62. The van der Waals surface area contributed by atoms with Crippen molar-refractivity contribution in [2.75, 3.05) is 6.61 Å². The Hall–Kier alpha value is -1.51. The first-order valence-corrected chi connectivity index (χ1v) is 7.64. The zero-order valence-electron chi connectivity index (χ0n) is 12.6. The highest BCUT2D eigenvalue weighted by atomic mass is 16.5. The first-order valence-electron chi connectivity index (χ1n) is 7.64. The summed E-state index contributed by atoms with van der Waals surface area (Å²) in [7, 11) is 0. The molecule has 112 valence electrons. The molecule has 1 aromatic carbocycles. The topological polar surface area (TPSA) is 46.5 Å². The number of carbonyl (C=O) groups is 1. The minimum Gasteiger partial charge on any atom is -0.507 e. The lowest BCUT2D eigenvalue weighted by atomic mass is 9.97. The highest BCUT2D eigenvalue weighted by Crippen LogP contribution is 2.20. The van der Waals surface area contributed by atoms with Gasteiger partial charge in [0.1, 0.15) is 11.3 Å². The minimum atomic E-state index is -0.431. The van der Waals surface area contributed by atoms with Crippen molar-refractivity contribution in [3.63, 3.8) is 0 Å². The van der Waals surface area contributed by atoms with Gasteiger partial charge in [0.25, 0.3) is 0 Å². The zero-order chi connectivity index (χ0) is 14.8. The molecule has 3 heteroatoms. The molecule has 1 atom stereocenters. The maximum absolute atomic E-state index is 11.9. The second-order valence-corrected chi connectivity index (χ2v) is 5.27. The summed E-state index contributed by atoms with van der Waals surface area (Å²) in [5.41, 5.74) is 0.247. The Morgan fingerprint density at radius 1 is 1.15 bits per heavy atom. The molecule has 0 aliphatic carbocycles. The van der Waals surface area contributed by atoms with Gasteiger partial charge in [-0.15, -0.1) is 0 Å². The Kier molecular flexibility index (Phi) is 7.78. The van der Waals surface area contributed by atoms with Crippen molar-refractivity contribution in [2.24, 2.45) is 5.92 Å². The van der Waals surface area contributed by atoms with E-state index >= 15 is 0 Å². The lowest BCUT2D eigenvalue weighted by Gasteiger charge is -2.16. The van der Waals surface area contributed by atoms with E-state index in [0.717, 1.165) is 19.3 Å². The monoisotopic (exact) mass is 278 g/mol. The van der Waals surface area contributed by atoms with E-state index in [-0.39, 0.29) is 11.3 Å². The molecular weight excluding hydrogens is 252 g/mol. The number of rotatable bonds is 9. The number of aromatic hydroxyl groups is 1. The van der Waals surface area contributed by atoms with Gasteiger partial charge in [0, 0.05) is 0 Å². The van der Waals surface area contributed by atoms with Gasteiger partial charge in [0.2, 0.25) is 0 Å². The van der Waals surface area contributed by atoms with Crippen molar-refractivity contribution < 1.29 is 14.6 Å². The van der Waals surface area contributed by atoms with Crippen LogP contribution in [0.3, 0.4) is 0 Å². The van der Waals surface area contributed by atoms with Crippen LogP contribution in [0.1, 0.15) is 62.7 Å². The molecule has 0 fully saturated rings. The number of unbranched alkanes of at least 4 members (excludes halogenated alkanes) is 2. The van der Waals surface area contributed by atoms with E-state index in [9.17, 15) is 9.90 Å². The Bertz CT molecular complexity index is 401. The van der Waals surface area contributed by atoms with Gasteiger partial charge in [-0.1, -0.05) is 51.7 Å². The second-order valence-electron chi connectivity index (χ2n) is 5.27. The van der Waals surface area contributed by atoms with Gasteiger partial charge in [0.15, 0.2) is 0 Å². The second kappa shape index (κ2) is 9.40. The number of benzene rings is 1. The Morgan fingerprint density at radius 2 is 1.90 bits per heavy atom. The molecule has 0 bridgehead atoms. The molecule has 0 aliphatic heterocycles. The summed E-state index contributed by atoms with van der Waals surface area (Å²) in [6.07, 6.45) is 6.91. The lowest BCUT2D eigenvalue weighted by Crippen LogP contribution is -2.14. The molecule has 0 spiro atoms. The molecule has 0 saturated carbocycles. The Morgan fingerprint density at radius 3 is 2.55 bits per heavy atom. The SMILES string of the molecule is CCCCCC(CCC)COC(=O)c1ccccc1O. The first kappa shape index (κ1) is 16.5. The third-order valence-electron chi connectivity index (χ3n) is 3.49. The number of esters is 1. The fourth-order valence-corrected chi connectivity index (χ4v) is 2.32. The van der Waals surface area contributed by atoms with Crippen molar-refractivity contribution in [3.05, 3.63) is 29.8 Å². The van der Waals surface area contributed by atoms with Gasteiger partial charge in [-0.05, 0) is 30.9 Å². The molecule has 1 N–H and O–H groups in total. The first-order chi connectivity index (χ1) is 9.69. The van der Waals surface area contributed by atoms with Gasteiger partial charge in [-0.3, -0.25) is 0 Å². The summed E-state index contributed by atoms with van der Waals surface area (Å²) in [4.78, 5) is 11.9. The predicted octanol–water partition coefficient (Wildman–Crippen LogP) is 4.55. The summed E-state index contributed by atoms with van der Waals surface area (Å²) in [6, 6.07) is 6.50. The summed E-state index contributed by atoms with van der Waals surface area (Å²) >= 11 is 0. The fraction of sp³-hybridized carbons (Fsp3) is 0.588. The highest BCUT2D eigenvalue weighted by molar-refractivity contribution is 5.92. The molecule has 1 unspecified atom stereocenters. The normalized spacial score (nSPS) is 12.1. The lowest BCUT2D eigenvalue weighted by molar-refractivity contribution is 0.0420. The number of phenols is 1. The van der Waals surface area contributed by atoms with Crippen molar-refractivity contribution in [3.8, 4) is 5.75 Å². The number of carbonyl (C=O) groups excluding carboxylic acids is 1. The van der Waals surface area contributed by atoms with Crippen LogP contribution in [0.2, 0.25) is 0 Å². The van der Waals surface area contributed by atoms with E-state index in [4.69, 9.17) is 4.74 Å². The van der Waals surface area contributed by atoms with Gasteiger partial charge < -0.3 is 9.84 Å². The maximum atomic E-state index is 11.9. The van der Waals surface area contributed by atoms with Crippen LogP contribution in [0, 0.1) is 5.92 Å². The van der Waals surface area contributed by atoms with Crippen LogP contribution in [0.4, 0.5) is 0 Å². The Balaban J connectivity index is 2.45. The third-order valence-corrected chi connectivity index (χ3v) is 3.49. The van der Waals surface area contributed by atoms with E-state index in [1.807, 2.05) is 0 Å². The van der Waals surface area contributed by atoms with Crippen LogP contribution in [0.5, 0.6) is 5.75 Å². The molecule has 0 aliphatic rings. The summed E-state index contributed by atoms with van der Waals surface area (Å²) < 4.78 is 5.36. The number of phenolic OH excluding ortho intramolecular Hbond substituents is 1. The van der Waals surface area contributed by atoms with E-state index in [2.05, 4.69) is 13.8 Å². The molecule has 0 saturated heterocycles. The van der Waals surface area contributed by atoms with Crippen molar-refractivity contribution in [2.45, 2.75) is 52.4 Å². The van der Waals surface area contributed by atoms with Crippen LogP contribution < -0.4 is 0 Å². The van der Waals surface area contributed by atoms with Crippen LogP contribution in [0.15, 0.2) is 24.3 Å². The van der Waals surface area contributed by atoms with Crippen molar-refractivity contribution >= 4 is 5.97 Å². The number of ether oxygens (including phenoxy) is 1. The average molecular weight is 278 g/mol. The molecule has 1 rings (SSSR count). The predicted molar refractivity (Wildman–Crippen MR) is 80.9 cm³/mol. The molecular formula is C17H26O3. The third kappa shape index (κ3) is 5.64. The van der Waals surface area contributed by atoms with E-state index in [0.29, 0.717) is 12.5 Å². The fourth-order valence-electron chi connectivity index (χ4n) is 2.32. The van der Waals surface area contributed by atoms with Crippen LogP contribution in [-0.4, -0.2) is 17.7 Å². The molecule has 0 amide bonds. The molecule has 0 aromatic heterocycles. The smallest absolute Gasteiger partial charge is 0.341 e. The van der Waals surface area contributed by atoms with E-state index < -0.39 is 5.97 Å².